The fourth-order valence-corrected chi connectivity index (χ4v) is 1.05. The van der Waals surface area contributed by atoms with Crippen LogP contribution in [0.1, 0.15) is 5.56 Å². The van der Waals surface area contributed by atoms with Gasteiger partial charge < -0.3 is 4.74 Å². The fraction of sp³-hybridized carbons (Fsp3) is 0.250. The maximum Gasteiger partial charge on any atom is 0.146 e. The average molecular weight is 185 g/mol. The van der Waals surface area contributed by atoms with Crippen LogP contribution in [-0.2, 0) is 0 Å². The molecular formula is C8H9ClN2O. The Balaban J connectivity index is 3.28. The smallest absolute Gasteiger partial charge is 0.146 e. The summed E-state index contributed by atoms with van der Waals surface area (Å²) in [6.07, 6.45) is 0. The Morgan fingerprint density at radius 1 is 1.50 bits per heavy atom. The van der Waals surface area contributed by atoms with E-state index in [9.17, 15) is 0 Å². The van der Waals surface area contributed by atoms with Crippen LogP contribution in [0.2, 0.25) is 5.02 Å². The van der Waals surface area contributed by atoms with Gasteiger partial charge in [0.15, 0.2) is 0 Å². The van der Waals surface area contributed by atoms with Gasteiger partial charge in [-0.15, -0.1) is 0 Å². The summed E-state index contributed by atoms with van der Waals surface area (Å²) in [6, 6.07) is 3.37. The van der Waals surface area contributed by atoms with E-state index in [4.69, 9.17) is 21.9 Å². The Morgan fingerprint density at radius 2 is 2.17 bits per heavy atom. The van der Waals surface area contributed by atoms with E-state index in [1.807, 2.05) is 6.92 Å². The Labute approximate surface area is 75.8 Å². The number of nitrogens with zero attached hydrogens (tertiary/aromatic N) is 1. The largest absolute Gasteiger partial charge is 0.494 e. The normalized spacial score (nSPS) is 9.58. The first kappa shape index (κ1) is 9.00. The minimum atomic E-state index is 0.452. The third-order valence-corrected chi connectivity index (χ3v) is 1.99. The van der Waals surface area contributed by atoms with Crippen LogP contribution in [0.3, 0.4) is 0 Å². The first-order valence-corrected chi connectivity index (χ1v) is 3.78. The summed E-state index contributed by atoms with van der Waals surface area (Å²) in [7, 11) is 1.54. The number of hydrogen-bond acceptors (Lipinski definition) is 3. The van der Waals surface area contributed by atoms with E-state index >= 15 is 0 Å². The third-order valence-electron chi connectivity index (χ3n) is 1.58. The lowest BCUT2D eigenvalue weighted by Gasteiger charge is -2.05. The summed E-state index contributed by atoms with van der Waals surface area (Å²) >= 11 is 5.82. The highest BCUT2D eigenvalue weighted by Crippen LogP contribution is 2.32. The van der Waals surface area contributed by atoms with Crippen LogP contribution in [0.4, 0.5) is 5.69 Å². The van der Waals surface area contributed by atoms with Crippen molar-refractivity contribution in [3.8, 4) is 5.75 Å². The predicted molar refractivity (Wildman–Crippen MR) is 47.5 cm³/mol. The molecule has 1 aromatic rings. The van der Waals surface area contributed by atoms with Crippen molar-refractivity contribution in [2.24, 2.45) is 5.11 Å². The maximum absolute atomic E-state index is 6.84. The van der Waals surface area contributed by atoms with Crippen molar-refractivity contribution >= 4 is 17.3 Å². The molecule has 0 bridgehead atoms. The zero-order valence-corrected chi connectivity index (χ0v) is 7.64. The Morgan fingerprint density at radius 3 is 2.67 bits per heavy atom. The van der Waals surface area contributed by atoms with E-state index in [0.29, 0.717) is 16.5 Å². The van der Waals surface area contributed by atoms with Crippen LogP contribution >= 0.6 is 11.6 Å². The standard InChI is InChI=1S/C8H9ClN2O/c1-5-3-8(12-2)7(11-10)4-6(5)9/h3-4,10H,1-2H3. The first-order valence-electron chi connectivity index (χ1n) is 3.40. The number of rotatable bonds is 2. The summed E-state index contributed by atoms with van der Waals surface area (Å²) in [6.45, 7) is 1.87. The van der Waals surface area contributed by atoms with E-state index in [0.717, 1.165) is 5.56 Å². The molecule has 0 heterocycles. The van der Waals surface area contributed by atoms with Gasteiger partial charge in [0.1, 0.15) is 11.4 Å². The second-order valence-corrected chi connectivity index (χ2v) is 2.79. The summed E-state index contributed by atoms with van der Waals surface area (Å²) in [5.74, 6) is 0.576. The molecule has 0 spiro atoms. The van der Waals surface area contributed by atoms with Crippen molar-refractivity contribution < 1.29 is 4.74 Å². The van der Waals surface area contributed by atoms with E-state index in [1.54, 1.807) is 12.1 Å². The van der Waals surface area contributed by atoms with Crippen LogP contribution in [0.5, 0.6) is 5.75 Å². The second-order valence-electron chi connectivity index (χ2n) is 2.39. The highest BCUT2D eigenvalue weighted by molar-refractivity contribution is 6.31. The predicted octanol–water partition coefficient (Wildman–Crippen LogP) is 3.32. The van der Waals surface area contributed by atoms with Crippen molar-refractivity contribution in [1.29, 1.82) is 5.53 Å². The summed E-state index contributed by atoms with van der Waals surface area (Å²) in [5, 5.41) is 3.88. The van der Waals surface area contributed by atoms with Gasteiger partial charge in [-0.2, -0.15) is 5.11 Å². The van der Waals surface area contributed by atoms with Gasteiger partial charge in [-0.25, -0.2) is 5.53 Å². The lowest BCUT2D eigenvalue weighted by atomic mass is 10.2. The molecule has 1 N–H and O–H groups in total. The van der Waals surface area contributed by atoms with Crippen LogP contribution in [0, 0.1) is 12.5 Å². The summed E-state index contributed by atoms with van der Waals surface area (Å²) in [5.41, 5.74) is 8.21. The van der Waals surface area contributed by atoms with E-state index in [-0.39, 0.29) is 0 Å². The van der Waals surface area contributed by atoms with Gasteiger partial charge >= 0.3 is 0 Å². The molecule has 1 rings (SSSR count). The van der Waals surface area contributed by atoms with Gasteiger partial charge in [-0.1, -0.05) is 11.6 Å². The molecule has 0 unspecified atom stereocenters. The second kappa shape index (κ2) is 3.54. The quantitative estimate of drug-likeness (QED) is 0.705. The number of ether oxygens (including phenoxy) is 1. The van der Waals surface area contributed by atoms with Gasteiger partial charge in [0.2, 0.25) is 0 Å². The SMILES string of the molecule is COc1cc(C)c(Cl)cc1N=N. The molecule has 0 aliphatic rings. The molecule has 4 heteroatoms. The van der Waals surface area contributed by atoms with Gasteiger partial charge in [0.05, 0.1) is 7.11 Å². The zero-order valence-electron chi connectivity index (χ0n) is 6.89. The van der Waals surface area contributed by atoms with Gasteiger partial charge in [-0.3, -0.25) is 0 Å². The molecule has 0 fully saturated rings. The minimum absolute atomic E-state index is 0.452. The lowest BCUT2D eigenvalue weighted by molar-refractivity contribution is 0.415. The number of hydrogen-bond donors (Lipinski definition) is 1. The van der Waals surface area contributed by atoms with E-state index in [1.165, 1.54) is 7.11 Å². The van der Waals surface area contributed by atoms with E-state index < -0.39 is 0 Å². The average Bonchev–Trinajstić information content (AvgIpc) is 2.09. The number of halogens is 1. The molecule has 64 valence electrons. The van der Waals surface area contributed by atoms with Crippen LogP contribution < -0.4 is 4.74 Å². The van der Waals surface area contributed by atoms with Crippen molar-refractivity contribution in [3.63, 3.8) is 0 Å². The highest BCUT2D eigenvalue weighted by Gasteiger charge is 2.04. The van der Waals surface area contributed by atoms with Crippen molar-refractivity contribution in [2.45, 2.75) is 6.92 Å². The molecule has 0 saturated heterocycles. The lowest BCUT2D eigenvalue weighted by Crippen LogP contribution is -1.85. The molecule has 1 aromatic carbocycles. The number of benzene rings is 1. The maximum atomic E-state index is 6.84. The third kappa shape index (κ3) is 1.56. The Bertz CT molecular complexity index is 312. The molecule has 0 aliphatic carbocycles. The topological polar surface area (TPSA) is 45.4 Å². The van der Waals surface area contributed by atoms with Crippen LogP contribution in [-0.4, -0.2) is 7.11 Å². The molecule has 0 aliphatic heterocycles. The number of nitrogens with one attached hydrogen (secondary N) is 1. The molecule has 0 radical (unpaired) electrons. The summed E-state index contributed by atoms with van der Waals surface area (Å²) < 4.78 is 5.00. The van der Waals surface area contributed by atoms with Crippen LogP contribution in [0.25, 0.3) is 0 Å². The van der Waals surface area contributed by atoms with Crippen molar-refractivity contribution in [3.05, 3.63) is 22.7 Å². The zero-order chi connectivity index (χ0) is 9.14. The van der Waals surface area contributed by atoms with Gasteiger partial charge in [0, 0.05) is 5.02 Å². The number of aryl methyl sites for hydroxylation is 1. The van der Waals surface area contributed by atoms with E-state index in [2.05, 4.69) is 5.11 Å². The first-order chi connectivity index (χ1) is 5.69. The molecule has 0 atom stereocenters. The van der Waals surface area contributed by atoms with Crippen molar-refractivity contribution in [2.75, 3.05) is 7.11 Å². The molecule has 0 saturated carbocycles. The van der Waals surface area contributed by atoms with Crippen molar-refractivity contribution in [1.82, 2.24) is 0 Å². The highest BCUT2D eigenvalue weighted by atomic mass is 35.5. The summed E-state index contributed by atoms with van der Waals surface area (Å²) in [4.78, 5) is 0. The molecule has 0 amide bonds. The Kier molecular flexibility index (Phi) is 2.65. The fourth-order valence-electron chi connectivity index (χ4n) is 0.895. The number of methoxy groups -OCH3 is 1. The molecule has 0 aromatic heterocycles. The van der Waals surface area contributed by atoms with Gasteiger partial charge in [0.25, 0.3) is 0 Å². The molecular weight excluding hydrogens is 176 g/mol. The molecule has 3 nitrogen and oxygen atoms in total. The Hall–Kier alpha value is -1.09. The minimum Gasteiger partial charge on any atom is -0.494 e. The monoisotopic (exact) mass is 184 g/mol. The van der Waals surface area contributed by atoms with Crippen LogP contribution in [0.15, 0.2) is 17.2 Å². The molecule has 12 heavy (non-hydrogen) atoms. The van der Waals surface area contributed by atoms with Gasteiger partial charge in [-0.05, 0) is 24.6 Å².